The largest absolute Gasteiger partial charge is 0.507 e. The molecule has 35 heavy (non-hydrogen) atoms. The van der Waals surface area contributed by atoms with Crippen molar-refractivity contribution in [2.24, 2.45) is 0 Å². The van der Waals surface area contributed by atoms with Gasteiger partial charge in [0, 0.05) is 0 Å². The zero-order valence-corrected chi connectivity index (χ0v) is 21.3. The van der Waals surface area contributed by atoms with Gasteiger partial charge in [0.05, 0.1) is 0 Å². The second-order valence-corrected chi connectivity index (χ2v) is 9.26. The minimum Gasteiger partial charge on any atom is -0.507 e. The molecule has 0 bridgehead atoms. The third-order valence-corrected chi connectivity index (χ3v) is 6.27. The summed E-state index contributed by atoms with van der Waals surface area (Å²) in [7, 11) is 0. The van der Waals surface area contributed by atoms with Crippen LogP contribution in [0.1, 0.15) is 38.9 Å². The van der Waals surface area contributed by atoms with Gasteiger partial charge in [-0.1, -0.05) is 24.8 Å². The molecule has 0 aromatic heterocycles. The van der Waals surface area contributed by atoms with E-state index >= 15 is 0 Å². The zero-order chi connectivity index (χ0) is 25.3. The summed E-state index contributed by atoms with van der Waals surface area (Å²) < 4.78 is 12.6. The van der Waals surface area contributed by atoms with Gasteiger partial charge in [-0.25, -0.2) is 0 Å². The van der Waals surface area contributed by atoms with Gasteiger partial charge < -0.3 is 14.6 Å². The first-order valence-electron chi connectivity index (χ1n) is 11.8. The lowest BCUT2D eigenvalue weighted by Crippen LogP contribution is -1.96. The Hall–Kier alpha value is -3.98. The van der Waals surface area contributed by atoms with Crippen LogP contribution in [0, 0.1) is 41.5 Å². The second kappa shape index (κ2) is 9.71. The first-order valence-corrected chi connectivity index (χ1v) is 11.8. The number of aromatic hydroxyl groups is 1. The van der Waals surface area contributed by atoms with E-state index in [4.69, 9.17) is 9.47 Å². The number of rotatable bonds is 6. The van der Waals surface area contributed by atoms with Gasteiger partial charge >= 0.3 is 0 Å². The predicted molar refractivity (Wildman–Crippen MR) is 145 cm³/mol. The van der Waals surface area contributed by atoms with Crippen LogP contribution in [-0.4, -0.2) is 5.11 Å². The van der Waals surface area contributed by atoms with Gasteiger partial charge in [0.2, 0.25) is 0 Å². The van der Waals surface area contributed by atoms with Gasteiger partial charge in [0.25, 0.3) is 0 Å². The molecule has 0 aliphatic carbocycles. The van der Waals surface area contributed by atoms with Crippen LogP contribution in [0.5, 0.6) is 28.7 Å². The highest BCUT2D eigenvalue weighted by Gasteiger charge is 2.14. The average molecular weight is 465 g/mol. The van der Waals surface area contributed by atoms with Crippen molar-refractivity contribution in [3.8, 4) is 39.9 Å². The highest BCUT2D eigenvalue weighted by atomic mass is 16.5. The number of ether oxygens (including phenoxy) is 2. The van der Waals surface area contributed by atoms with Crippen LogP contribution >= 0.6 is 0 Å². The van der Waals surface area contributed by atoms with Gasteiger partial charge in [0.15, 0.2) is 0 Å². The minimum atomic E-state index is 0.356. The summed E-state index contributed by atoms with van der Waals surface area (Å²) in [4.78, 5) is 0. The number of aryl methyl sites for hydroxylation is 6. The average Bonchev–Trinajstić information content (AvgIpc) is 2.82. The standard InChI is InChI=1S/C32H32O3/c1-8-25-9-11-28(12-10-25)34-32-23(6)17-29(18-24(32)7)35-31-21(4)15-27(16-22(31)5)26-13-19(2)30(33)20(3)14-26/h8-18,33H,1H2,2-7H3. The molecule has 0 amide bonds. The van der Waals surface area contributed by atoms with E-state index in [1.807, 2.05) is 82.3 Å². The number of phenols is 1. The predicted octanol–water partition coefficient (Wildman–Crippen LogP) is 9.14. The Morgan fingerprint density at radius 2 is 0.971 bits per heavy atom. The lowest BCUT2D eigenvalue weighted by Gasteiger charge is -2.17. The second-order valence-electron chi connectivity index (χ2n) is 9.26. The smallest absolute Gasteiger partial charge is 0.133 e. The Balaban J connectivity index is 1.61. The molecule has 4 aromatic carbocycles. The third kappa shape index (κ3) is 5.09. The maximum Gasteiger partial charge on any atom is 0.133 e. The normalized spacial score (nSPS) is 10.8. The SMILES string of the molecule is C=Cc1ccc(Oc2c(C)cc(Oc3c(C)cc(-c4cc(C)c(O)c(C)c4)cc3C)cc2C)cc1. The summed E-state index contributed by atoms with van der Waals surface area (Å²) in [6.07, 6.45) is 1.82. The summed E-state index contributed by atoms with van der Waals surface area (Å²) in [6.45, 7) is 15.8. The van der Waals surface area contributed by atoms with Crippen molar-refractivity contribution in [3.05, 3.63) is 106 Å². The lowest BCUT2D eigenvalue weighted by molar-refractivity contribution is 0.459. The van der Waals surface area contributed by atoms with E-state index in [-0.39, 0.29) is 0 Å². The maximum absolute atomic E-state index is 10.1. The zero-order valence-electron chi connectivity index (χ0n) is 21.3. The van der Waals surface area contributed by atoms with Gasteiger partial charge in [-0.3, -0.25) is 0 Å². The van der Waals surface area contributed by atoms with E-state index in [9.17, 15) is 5.11 Å². The van der Waals surface area contributed by atoms with Gasteiger partial charge in [-0.15, -0.1) is 0 Å². The summed E-state index contributed by atoms with van der Waals surface area (Å²) in [5, 5.41) is 10.1. The fourth-order valence-electron chi connectivity index (χ4n) is 4.44. The molecule has 0 atom stereocenters. The van der Waals surface area contributed by atoms with Crippen molar-refractivity contribution < 1.29 is 14.6 Å². The van der Waals surface area contributed by atoms with Crippen molar-refractivity contribution in [3.63, 3.8) is 0 Å². The van der Waals surface area contributed by atoms with Crippen LogP contribution in [0.15, 0.2) is 67.2 Å². The summed E-state index contributed by atoms with van der Waals surface area (Å²) in [5.41, 5.74) is 9.14. The molecule has 0 unspecified atom stereocenters. The monoisotopic (exact) mass is 464 g/mol. The van der Waals surface area contributed by atoms with Crippen molar-refractivity contribution in [1.82, 2.24) is 0 Å². The van der Waals surface area contributed by atoms with E-state index < -0.39 is 0 Å². The molecule has 1 N–H and O–H groups in total. The summed E-state index contributed by atoms with van der Waals surface area (Å²) in [6, 6.07) is 20.2. The van der Waals surface area contributed by atoms with Gasteiger partial charge in [-0.2, -0.15) is 0 Å². The molecule has 0 aliphatic rings. The molecular weight excluding hydrogens is 432 g/mol. The van der Waals surface area contributed by atoms with Crippen LogP contribution in [-0.2, 0) is 0 Å². The molecule has 0 saturated carbocycles. The quantitative estimate of drug-likeness (QED) is 0.309. The first-order chi connectivity index (χ1) is 16.7. The van der Waals surface area contributed by atoms with Crippen molar-refractivity contribution >= 4 is 6.08 Å². The van der Waals surface area contributed by atoms with E-state index in [0.29, 0.717) is 5.75 Å². The van der Waals surface area contributed by atoms with Crippen LogP contribution in [0.25, 0.3) is 17.2 Å². The van der Waals surface area contributed by atoms with E-state index in [1.165, 1.54) is 0 Å². The highest BCUT2D eigenvalue weighted by Crippen LogP contribution is 2.38. The fourth-order valence-corrected chi connectivity index (χ4v) is 4.44. The van der Waals surface area contributed by atoms with Crippen molar-refractivity contribution in [1.29, 1.82) is 0 Å². The summed E-state index contributed by atoms with van der Waals surface area (Å²) in [5.74, 6) is 3.62. The Kier molecular flexibility index (Phi) is 6.70. The highest BCUT2D eigenvalue weighted by molar-refractivity contribution is 5.70. The maximum atomic E-state index is 10.1. The van der Waals surface area contributed by atoms with Crippen LogP contribution < -0.4 is 9.47 Å². The molecule has 0 fully saturated rings. The van der Waals surface area contributed by atoms with E-state index in [0.717, 1.165) is 73.1 Å². The lowest BCUT2D eigenvalue weighted by atomic mass is 9.96. The molecule has 0 heterocycles. The molecule has 0 spiro atoms. The molecule has 0 aliphatic heterocycles. The van der Waals surface area contributed by atoms with Crippen LogP contribution in [0.2, 0.25) is 0 Å². The summed E-state index contributed by atoms with van der Waals surface area (Å²) >= 11 is 0. The van der Waals surface area contributed by atoms with Crippen molar-refractivity contribution in [2.75, 3.05) is 0 Å². The van der Waals surface area contributed by atoms with E-state index in [2.05, 4.69) is 32.6 Å². The number of benzene rings is 4. The minimum absolute atomic E-state index is 0.356. The van der Waals surface area contributed by atoms with Gasteiger partial charge in [-0.05, 0) is 140 Å². The molecule has 3 nitrogen and oxygen atoms in total. The molecule has 3 heteroatoms. The number of hydrogen-bond donors (Lipinski definition) is 1. The molecule has 0 saturated heterocycles. The van der Waals surface area contributed by atoms with Gasteiger partial charge in [0.1, 0.15) is 28.7 Å². The fraction of sp³-hybridized carbons (Fsp3) is 0.188. The van der Waals surface area contributed by atoms with Crippen LogP contribution in [0.4, 0.5) is 0 Å². The number of phenolic OH excluding ortho intramolecular Hbond substituents is 1. The molecule has 178 valence electrons. The Labute approximate surface area is 208 Å². The van der Waals surface area contributed by atoms with Crippen LogP contribution in [0.3, 0.4) is 0 Å². The Morgan fingerprint density at radius 3 is 1.43 bits per heavy atom. The number of hydrogen-bond acceptors (Lipinski definition) is 3. The van der Waals surface area contributed by atoms with Crippen molar-refractivity contribution in [2.45, 2.75) is 41.5 Å². The molecule has 4 aromatic rings. The Bertz CT molecular complexity index is 1340. The first kappa shape index (κ1) is 24.2. The van der Waals surface area contributed by atoms with E-state index in [1.54, 1.807) is 0 Å². The molecule has 0 radical (unpaired) electrons. The molecular formula is C32H32O3. The third-order valence-electron chi connectivity index (χ3n) is 6.27. The topological polar surface area (TPSA) is 38.7 Å². The Morgan fingerprint density at radius 1 is 0.571 bits per heavy atom. The molecule has 4 rings (SSSR count).